The standard InChI is InChI=1S/C24H37N5O3/c1-3-28(4-2)22(30)18-10-12-20(13-11-18)27-24(32)29-16-14-21(15-17-29)26-23(31)25-19-8-6-5-7-9-19/h10-13,19,21H,3-9,14-17H2,1-2H3,(H,27,32)(H2,25,26,31). The van der Waals surface area contributed by atoms with Gasteiger partial charge in [0.15, 0.2) is 0 Å². The molecule has 5 amide bonds. The quantitative estimate of drug-likeness (QED) is 0.624. The summed E-state index contributed by atoms with van der Waals surface area (Å²) in [5.74, 6) is -0.00466. The minimum atomic E-state index is -0.155. The number of hydrogen-bond donors (Lipinski definition) is 3. The average Bonchev–Trinajstić information content (AvgIpc) is 2.81. The molecule has 0 bridgehead atoms. The van der Waals surface area contributed by atoms with E-state index in [9.17, 15) is 14.4 Å². The van der Waals surface area contributed by atoms with Gasteiger partial charge < -0.3 is 25.8 Å². The Morgan fingerprint density at radius 1 is 0.875 bits per heavy atom. The number of piperidine rings is 1. The first-order valence-electron chi connectivity index (χ1n) is 12.0. The number of anilines is 1. The number of likely N-dealkylation sites (tertiary alicyclic amines) is 1. The number of benzene rings is 1. The number of hydrogen-bond acceptors (Lipinski definition) is 3. The summed E-state index contributed by atoms with van der Waals surface area (Å²) in [6, 6.07) is 7.17. The van der Waals surface area contributed by atoms with Crippen LogP contribution in [0, 0.1) is 0 Å². The SMILES string of the molecule is CCN(CC)C(=O)c1ccc(NC(=O)N2CCC(NC(=O)NC3CCCCC3)CC2)cc1. The van der Waals surface area contributed by atoms with E-state index in [2.05, 4.69) is 16.0 Å². The minimum Gasteiger partial charge on any atom is -0.339 e. The van der Waals surface area contributed by atoms with Crippen LogP contribution in [-0.2, 0) is 0 Å². The fraction of sp³-hybridized carbons (Fsp3) is 0.625. The van der Waals surface area contributed by atoms with E-state index in [0.717, 1.165) is 25.7 Å². The van der Waals surface area contributed by atoms with Crippen molar-refractivity contribution in [2.45, 2.75) is 70.9 Å². The summed E-state index contributed by atoms with van der Waals surface area (Å²) in [6.07, 6.45) is 7.25. The number of nitrogens with one attached hydrogen (secondary N) is 3. The van der Waals surface area contributed by atoms with E-state index in [4.69, 9.17) is 0 Å². The maximum atomic E-state index is 12.6. The van der Waals surface area contributed by atoms with Crippen molar-refractivity contribution >= 4 is 23.7 Å². The molecule has 0 atom stereocenters. The van der Waals surface area contributed by atoms with Crippen LogP contribution in [0.3, 0.4) is 0 Å². The zero-order valence-electron chi connectivity index (χ0n) is 19.4. The van der Waals surface area contributed by atoms with Crippen molar-refractivity contribution in [1.82, 2.24) is 20.4 Å². The van der Waals surface area contributed by atoms with Crippen LogP contribution in [0.1, 0.15) is 69.2 Å². The first-order chi connectivity index (χ1) is 15.5. The summed E-state index contributed by atoms with van der Waals surface area (Å²) in [7, 11) is 0. The first kappa shape index (κ1) is 23.9. The molecular weight excluding hydrogens is 406 g/mol. The Bertz CT molecular complexity index is 764. The van der Waals surface area contributed by atoms with Crippen molar-refractivity contribution in [2.24, 2.45) is 0 Å². The molecule has 3 N–H and O–H groups in total. The molecule has 1 aromatic rings. The van der Waals surface area contributed by atoms with E-state index < -0.39 is 0 Å². The Hall–Kier alpha value is -2.77. The molecule has 32 heavy (non-hydrogen) atoms. The van der Waals surface area contributed by atoms with Crippen LogP contribution in [0.15, 0.2) is 24.3 Å². The van der Waals surface area contributed by atoms with E-state index >= 15 is 0 Å². The lowest BCUT2D eigenvalue weighted by Crippen LogP contribution is -2.51. The van der Waals surface area contributed by atoms with E-state index in [1.54, 1.807) is 34.1 Å². The molecular formula is C24H37N5O3. The maximum absolute atomic E-state index is 12.6. The van der Waals surface area contributed by atoms with Crippen molar-refractivity contribution in [3.05, 3.63) is 29.8 Å². The van der Waals surface area contributed by atoms with Crippen LogP contribution in [-0.4, -0.2) is 66.0 Å². The van der Waals surface area contributed by atoms with Crippen LogP contribution in [0.25, 0.3) is 0 Å². The van der Waals surface area contributed by atoms with Gasteiger partial charge in [-0.05, 0) is 63.8 Å². The molecule has 3 rings (SSSR count). The summed E-state index contributed by atoms with van der Waals surface area (Å²) in [5.41, 5.74) is 1.28. The van der Waals surface area contributed by atoms with Gasteiger partial charge in [0.1, 0.15) is 0 Å². The lowest BCUT2D eigenvalue weighted by atomic mass is 9.96. The summed E-state index contributed by atoms with van der Waals surface area (Å²) in [4.78, 5) is 40.8. The third-order valence-electron chi connectivity index (χ3n) is 6.49. The fourth-order valence-corrected chi connectivity index (χ4v) is 4.48. The molecule has 8 heteroatoms. The smallest absolute Gasteiger partial charge is 0.321 e. The van der Waals surface area contributed by atoms with E-state index in [1.807, 2.05) is 13.8 Å². The highest BCUT2D eigenvalue weighted by atomic mass is 16.2. The molecule has 2 fully saturated rings. The molecule has 2 aliphatic rings. The Morgan fingerprint density at radius 2 is 1.44 bits per heavy atom. The number of rotatable bonds is 6. The van der Waals surface area contributed by atoms with Gasteiger partial charge >= 0.3 is 12.1 Å². The first-order valence-corrected chi connectivity index (χ1v) is 12.0. The van der Waals surface area contributed by atoms with Crippen molar-refractivity contribution in [3.8, 4) is 0 Å². The molecule has 0 aromatic heterocycles. The molecule has 8 nitrogen and oxygen atoms in total. The summed E-state index contributed by atoms with van der Waals surface area (Å²) in [6.45, 7) is 6.44. The lowest BCUT2D eigenvalue weighted by Gasteiger charge is -2.33. The molecule has 0 spiro atoms. The maximum Gasteiger partial charge on any atom is 0.321 e. The number of amides is 5. The molecule has 176 valence electrons. The van der Waals surface area contributed by atoms with Crippen LogP contribution in [0.5, 0.6) is 0 Å². The van der Waals surface area contributed by atoms with Crippen molar-refractivity contribution in [2.75, 3.05) is 31.5 Å². The number of carbonyl (C=O) groups is 3. The molecule has 0 unspecified atom stereocenters. The molecule has 1 saturated carbocycles. The van der Waals surface area contributed by atoms with Crippen molar-refractivity contribution in [1.29, 1.82) is 0 Å². The second kappa shape index (κ2) is 11.7. The van der Waals surface area contributed by atoms with Gasteiger partial charge in [-0.3, -0.25) is 4.79 Å². The Morgan fingerprint density at radius 3 is 2.00 bits per heavy atom. The second-order valence-corrected chi connectivity index (χ2v) is 8.70. The topological polar surface area (TPSA) is 93.8 Å². The van der Waals surface area contributed by atoms with Gasteiger partial charge in [-0.25, -0.2) is 9.59 Å². The van der Waals surface area contributed by atoms with Gasteiger partial charge in [0.05, 0.1) is 0 Å². The molecule has 1 heterocycles. The van der Waals surface area contributed by atoms with Gasteiger partial charge in [0.25, 0.3) is 5.91 Å². The zero-order valence-corrected chi connectivity index (χ0v) is 19.4. The summed E-state index contributed by atoms with van der Waals surface area (Å²) >= 11 is 0. The third kappa shape index (κ3) is 6.61. The van der Waals surface area contributed by atoms with E-state index in [0.29, 0.717) is 43.5 Å². The summed E-state index contributed by atoms with van der Waals surface area (Å²) in [5, 5.41) is 9.06. The summed E-state index contributed by atoms with van der Waals surface area (Å²) < 4.78 is 0. The largest absolute Gasteiger partial charge is 0.339 e. The zero-order chi connectivity index (χ0) is 22.9. The van der Waals surface area contributed by atoms with Gasteiger partial charge in [-0.15, -0.1) is 0 Å². The van der Waals surface area contributed by atoms with E-state index in [-0.39, 0.29) is 24.0 Å². The number of nitrogens with zero attached hydrogens (tertiary/aromatic N) is 2. The Kier molecular flexibility index (Phi) is 8.76. The molecule has 1 aliphatic carbocycles. The van der Waals surface area contributed by atoms with Crippen LogP contribution in [0.2, 0.25) is 0 Å². The highest BCUT2D eigenvalue weighted by Gasteiger charge is 2.25. The van der Waals surface area contributed by atoms with Crippen LogP contribution < -0.4 is 16.0 Å². The lowest BCUT2D eigenvalue weighted by molar-refractivity contribution is 0.0773. The molecule has 1 saturated heterocycles. The van der Waals surface area contributed by atoms with Crippen molar-refractivity contribution in [3.63, 3.8) is 0 Å². The molecule has 1 aliphatic heterocycles. The number of carbonyl (C=O) groups excluding carboxylic acids is 3. The second-order valence-electron chi connectivity index (χ2n) is 8.70. The average molecular weight is 444 g/mol. The van der Waals surface area contributed by atoms with Gasteiger partial charge in [-0.1, -0.05) is 19.3 Å². The van der Waals surface area contributed by atoms with E-state index in [1.165, 1.54) is 19.3 Å². The number of urea groups is 2. The van der Waals surface area contributed by atoms with Gasteiger partial charge in [-0.2, -0.15) is 0 Å². The Labute approximate surface area is 191 Å². The highest BCUT2D eigenvalue weighted by molar-refractivity contribution is 5.95. The predicted molar refractivity (Wildman–Crippen MR) is 126 cm³/mol. The Balaban J connectivity index is 1.41. The fourth-order valence-electron chi connectivity index (χ4n) is 4.48. The third-order valence-corrected chi connectivity index (χ3v) is 6.49. The van der Waals surface area contributed by atoms with Gasteiger partial charge in [0.2, 0.25) is 0 Å². The normalized spacial score (nSPS) is 17.5. The molecule has 0 radical (unpaired) electrons. The molecule has 1 aromatic carbocycles. The predicted octanol–water partition coefficient (Wildman–Crippen LogP) is 3.80. The van der Waals surface area contributed by atoms with Crippen molar-refractivity contribution < 1.29 is 14.4 Å². The monoisotopic (exact) mass is 443 g/mol. The highest BCUT2D eigenvalue weighted by Crippen LogP contribution is 2.18. The van der Waals surface area contributed by atoms with Crippen LogP contribution >= 0.6 is 0 Å². The van der Waals surface area contributed by atoms with Gasteiger partial charge in [0, 0.05) is 49.5 Å². The van der Waals surface area contributed by atoms with Crippen LogP contribution in [0.4, 0.5) is 15.3 Å². The minimum absolute atomic E-state index is 0.00466.